The average Bonchev–Trinajstić information content (AvgIpc) is 3.05. The van der Waals surface area contributed by atoms with Gasteiger partial charge in [-0.3, -0.25) is 9.10 Å². The number of sulfonamides is 1. The number of benzene rings is 1. The van der Waals surface area contributed by atoms with Crippen LogP contribution in [-0.2, 0) is 10.0 Å². The van der Waals surface area contributed by atoms with E-state index in [0.717, 1.165) is 22.1 Å². The zero-order chi connectivity index (χ0) is 17.9. The first-order valence-electron chi connectivity index (χ1n) is 7.39. The van der Waals surface area contributed by atoms with Gasteiger partial charge in [-0.15, -0.1) is 11.3 Å². The molecule has 1 atom stereocenters. The second kappa shape index (κ2) is 7.31. The van der Waals surface area contributed by atoms with E-state index >= 15 is 0 Å². The second-order valence-corrected chi connectivity index (χ2v) is 8.26. The number of rotatable bonds is 6. The van der Waals surface area contributed by atoms with Gasteiger partial charge in [-0.25, -0.2) is 12.8 Å². The molecular weight excluding hydrogens is 351 g/mol. The molecule has 130 valence electrons. The first-order chi connectivity index (χ1) is 11.3. The van der Waals surface area contributed by atoms with Crippen LogP contribution in [0.5, 0.6) is 0 Å². The molecule has 8 heteroatoms. The van der Waals surface area contributed by atoms with Crippen molar-refractivity contribution in [1.29, 1.82) is 0 Å². The van der Waals surface area contributed by atoms with Crippen molar-refractivity contribution < 1.29 is 17.6 Å². The molecule has 0 spiro atoms. The van der Waals surface area contributed by atoms with Crippen molar-refractivity contribution in [3.8, 4) is 0 Å². The van der Waals surface area contributed by atoms with E-state index in [1.165, 1.54) is 42.8 Å². The maximum Gasteiger partial charge on any atom is 0.264 e. The van der Waals surface area contributed by atoms with E-state index in [1.807, 2.05) is 13.8 Å². The minimum Gasteiger partial charge on any atom is -0.349 e. The van der Waals surface area contributed by atoms with Crippen LogP contribution < -0.4 is 9.62 Å². The monoisotopic (exact) mass is 370 g/mol. The number of carbonyl (C=O) groups excluding carboxylic acids is 1. The van der Waals surface area contributed by atoms with E-state index in [1.54, 1.807) is 0 Å². The average molecular weight is 370 g/mol. The Morgan fingerprint density at radius 3 is 2.54 bits per heavy atom. The van der Waals surface area contributed by atoms with E-state index in [2.05, 4.69) is 5.32 Å². The van der Waals surface area contributed by atoms with Gasteiger partial charge in [0.2, 0.25) is 0 Å². The summed E-state index contributed by atoms with van der Waals surface area (Å²) in [7, 11) is -2.42. The van der Waals surface area contributed by atoms with Crippen LogP contribution in [0.3, 0.4) is 0 Å². The van der Waals surface area contributed by atoms with Crippen LogP contribution in [0.4, 0.5) is 10.1 Å². The zero-order valence-corrected chi connectivity index (χ0v) is 15.2. The van der Waals surface area contributed by atoms with E-state index in [-0.39, 0.29) is 16.8 Å². The van der Waals surface area contributed by atoms with Crippen molar-refractivity contribution in [3.05, 3.63) is 46.4 Å². The molecule has 2 rings (SSSR count). The van der Waals surface area contributed by atoms with Crippen molar-refractivity contribution in [2.24, 2.45) is 0 Å². The lowest BCUT2D eigenvalue weighted by Gasteiger charge is -2.18. The number of nitrogens with one attached hydrogen (secondary N) is 1. The molecule has 1 heterocycles. The largest absolute Gasteiger partial charge is 0.349 e. The summed E-state index contributed by atoms with van der Waals surface area (Å²) in [5.74, 6) is -0.732. The molecule has 0 aliphatic carbocycles. The van der Waals surface area contributed by atoms with Gasteiger partial charge < -0.3 is 5.32 Å². The fourth-order valence-corrected chi connectivity index (χ4v) is 4.28. The fraction of sp³-hybridized carbons (Fsp3) is 0.312. The van der Waals surface area contributed by atoms with Crippen LogP contribution in [0.1, 0.15) is 29.9 Å². The minimum absolute atomic E-state index is 0.0153. The third-order valence-corrected chi connectivity index (χ3v) is 6.48. The molecule has 0 bridgehead atoms. The Morgan fingerprint density at radius 2 is 1.96 bits per heavy atom. The Kier molecular flexibility index (Phi) is 5.61. The predicted octanol–water partition coefficient (Wildman–Crippen LogP) is 3.24. The summed E-state index contributed by atoms with van der Waals surface area (Å²) in [5, 5.41) is 4.23. The lowest BCUT2D eigenvalue weighted by Crippen LogP contribution is -2.31. The van der Waals surface area contributed by atoms with E-state index < -0.39 is 15.8 Å². The molecule has 0 aliphatic heterocycles. The normalized spacial score (nSPS) is 12.7. The second-order valence-electron chi connectivity index (χ2n) is 5.38. The molecular formula is C16H19FN2O3S2. The number of hydrogen-bond donors (Lipinski definition) is 1. The van der Waals surface area contributed by atoms with Gasteiger partial charge in [0.05, 0.1) is 15.5 Å². The Balaban J connectivity index is 2.24. The number of halogens is 1. The maximum atomic E-state index is 13.0. The van der Waals surface area contributed by atoms with Crippen molar-refractivity contribution >= 4 is 33.0 Å². The highest BCUT2D eigenvalue weighted by Gasteiger charge is 2.24. The molecule has 0 aliphatic rings. The van der Waals surface area contributed by atoms with Gasteiger partial charge in [-0.2, -0.15) is 0 Å². The van der Waals surface area contributed by atoms with Crippen molar-refractivity contribution in [2.45, 2.75) is 31.2 Å². The first kappa shape index (κ1) is 18.4. The summed E-state index contributed by atoms with van der Waals surface area (Å²) in [5.41, 5.74) is 0.341. The Bertz CT molecular complexity index is 816. The number of thiophene rings is 1. The Morgan fingerprint density at radius 1 is 1.33 bits per heavy atom. The van der Waals surface area contributed by atoms with Gasteiger partial charge in [0, 0.05) is 18.5 Å². The topological polar surface area (TPSA) is 66.5 Å². The Labute approximate surface area is 145 Å². The number of anilines is 1. The molecule has 1 aromatic carbocycles. The van der Waals surface area contributed by atoms with Crippen LogP contribution in [0, 0.1) is 5.82 Å². The highest BCUT2D eigenvalue weighted by Crippen LogP contribution is 2.26. The van der Waals surface area contributed by atoms with Gasteiger partial charge in [-0.05, 0) is 43.7 Å². The van der Waals surface area contributed by atoms with Gasteiger partial charge in [0.1, 0.15) is 5.82 Å². The summed E-state index contributed by atoms with van der Waals surface area (Å²) in [6.45, 7) is 3.83. The molecule has 1 aromatic heterocycles. The standard InChI is InChI=1S/C16H19FN2O3S2/c1-4-11(2)18-16(20)15-9-14(10-23-15)24(21,22)19(3)13-7-5-12(17)6-8-13/h5-11H,4H2,1-3H3,(H,18,20)/t11-/m0/s1. The molecule has 24 heavy (non-hydrogen) atoms. The third kappa shape index (κ3) is 3.93. The van der Waals surface area contributed by atoms with Crippen LogP contribution in [0.25, 0.3) is 0 Å². The summed E-state index contributed by atoms with van der Waals surface area (Å²) in [6.07, 6.45) is 0.787. The molecule has 0 saturated carbocycles. The summed E-state index contributed by atoms with van der Waals surface area (Å²) in [4.78, 5) is 12.5. The van der Waals surface area contributed by atoms with E-state index in [4.69, 9.17) is 0 Å². The molecule has 0 radical (unpaired) electrons. The summed E-state index contributed by atoms with van der Waals surface area (Å²) < 4.78 is 39.3. The van der Waals surface area contributed by atoms with Crippen molar-refractivity contribution in [1.82, 2.24) is 5.32 Å². The lowest BCUT2D eigenvalue weighted by atomic mass is 10.2. The molecule has 2 aromatic rings. The van der Waals surface area contributed by atoms with Gasteiger partial charge in [0.15, 0.2) is 0 Å². The molecule has 0 saturated heterocycles. The molecule has 0 fully saturated rings. The van der Waals surface area contributed by atoms with Crippen molar-refractivity contribution in [3.63, 3.8) is 0 Å². The first-order valence-corrected chi connectivity index (χ1v) is 9.71. The third-order valence-electron chi connectivity index (χ3n) is 3.64. The van der Waals surface area contributed by atoms with Crippen LogP contribution in [-0.4, -0.2) is 27.4 Å². The Hall–Kier alpha value is -1.93. The maximum absolute atomic E-state index is 13.0. The zero-order valence-electron chi connectivity index (χ0n) is 13.6. The fourth-order valence-electron chi connectivity index (χ4n) is 1.92. The van der Waals surface area contributed by atoms with Gasteiger partial charge >= 0.3 is 0 Å². The molecule has 1 N–H and O–H groups in total. The molecule has 1 amide bonds. The smallest absolute Gasteiger partial charge is 0.264 e. The van der Waals surface area contributed by atoms with E-state index in [0.29, 0.717) is 10.6 Å². The number of amides is 1. The van der Waals surface area contributed by atoms with Gasteiger partial charge in [-0.1, -0.05) is 6.92 Å². The lowest BCUT2D eigenvalue weighted by molar-refractivity contribution is 0.0943. The highest BCUT2D eigenvalue weighted by atomic mass is 32.2. The number of nitrogens with zero attached hydrogens (tertiary/aromatic N) is 1. The summed E-state index contributed by atoms with van der Waals surface area (Å²) >= 11 is 1.07. The molecule has 5 nitrogen and oxygen atoms in total. The van der Waals surface area contributed by atoms with Crippen LogP contribution >= 0.6 is 11.3 Å². The quantitative estimate of drug-likeness (QED) is 0.849. The van der Waals surface area contributed by atoms with Crippen LogP contribution in [0.15, 0.2) is 40.6 Å². The summed E-state index contributed by atoms with van der Waals surface area (Å²) in [6, 6.07) is 6.53. The predicted molar refractivity (Wildman–Crippen MR) is 93.5 cm³/mol. The number of hydrogen-bond acceptors (Lipinski definition) is 4. The van der Waals surface area contributed by atoms with Gasteiger partial charge in [0.25, 0.3) is 15.9 Å². The minimum atomic E-state index is -3.81. The number of carbonyl (C=O) groups is 1. The molecule has 0 unspecified atom stereocenters. The SMILES string of the molecule is CC[C@H](C)NC(=O)c1cc(S(=O)(=O)N(C)c2ccc(F)cc2)cs1. The van der Waals surface area contributed by atoms with E-state index in [9.17, 15) is 17.6 Å². The highest BCUT2D eigenvalue weighted by molar-refractivity contribution is 7.93. The van der Waals surface area contributed by atoms with Crippen molar-refractivity contribution in [2.75, 3.05) is 11.4 Å². The van der Waals surface area contributed by atoms with Crippen LogP contribution in [0.2, 0.25) is 0 Å².